The second-order valence-electron chi connectivity index (χ2n) is 8.31. The topological polar surface area (TPSA) is 40.6 Å². The number of benzene rings is 2. The molecule has 2 heterocycles. The second-order valence-corrected chi connectivity index (χ2v) is 8.74. The van der Waals surface area contributed by atoms with Crippen molar-refractivity contribution in [3.05, 3.63) is 64.7 Å². The van der Waals surface area contributed by atoms with E-state index in [0.29, 0.717) is 11.6 Å². The highest BCUT2D eigenvalue weighted by molar-refractivity contribution is 6.31. The van der Waals surface area contributed by atoms with Crippen molar-refractivity contribution in [1.82, 2.24) is 4.90 Å². The molecule has 2 aliphatic heterocycles. The number of anilines is 1. The summed E-state index contributed by atoms with van der Waals surface area (Å²) < 4.78 is 0. The van der Waals surface area contributed by atoms with E-state index in [0.717, 1.165) is 55.5 Å². The minimum absolute atomic E-state index is 0.120. The molecular weight excluding hydrogens is 372 g/mol. The Hall–Kier alpha value is -2.33. The van der Waals surface area contributed by atoms with Crippen molar-refractivity contribution in [3.63, 3.8) is 0 Å². The monoisotopic (exact) mass is 394 g/mol. The smallest absolute Gasteiger partial charge is 0.254 e. The Morgan fingerprint density at radius 3 is 2.71 bits per heavy atom. The van der Waals surface area contributed by atoms with Crippen LogP contribution in [0.3, 0.4) is 0 Å². The van der Waals surface area contributed by atoms with Crippen molar-refractivity contribution >= 4 is 29.1 Å². The molecular formula is C23H23ClN2O2. The molecule has 2 fully saturated rings. The van der Waals surface area contributed by atoms with Crippen LogP contribution in [0.2, 0.25) is 5.02 Å². The molecule has 3 aliphatic rings. The van der Waals surface area contributed by atoms with Gasteiger partial charge in [-0.1, -0.05) is 42.3 Å². The second kappa shape index (κ2) is 6.63. The Labute approximate surface area is 170 Å². The van der Waals surface area contributed by atoms with Gasteiger partial charge in [0.25, 0.3) is 5.91 Å². The Kier molecular flexibility index (Phi) is 4.20. The Bertz CT molecular complexity index is 959. The van der Waals surface area contributed by atoms with E-state index in [-0.39, 0.29) is 23.3 Å². The number of nitrogens with zero attached hydrogens (tertiary/aromatic N) is 2. The van der Waals surface area contributed by atoms with Crippen LogP contribution in [0, 0.1) is 5.41 Å². The first-order valence-electron chi connectivity index (χ1n) is 10.0. The van der Waals surface area contributed by atoms with Gasteiger partial charge in [-0.3, -0.25) is 9.59 Å². The molecule has 2 aromatic rings. The largest absolute Gasteiger partial charge is 0.331 e. The van der Waals surface area contributed by atoms with Crippen molar-refractivity contribution in [2.24, 2.45) is 5.41 Å². The molecule has 2 amide bonds. The van der Waals surface area contributed by atoms with Crippen LogP contribution in [-0.4, -0.2) is 29.3 Å². The molecule has 1 saturated carbocycles. The first-order chi connectivity index (χ1) is 13.6. The maximum absolute atomic E-state index is 13.4. The fourth-order valence-electron chi connectivity index (χ4n) is 5.30. The highest BCUT2D eigenvalue weighted by atomic mass is 35.5. The molecule has 1 saturated heterocycles. The molecule has 1 spiro atoms. The zero-order chi connectivity index (χ0) is 19.3. The molecule has 0 radical (unpaired) electrons. The van der Waals surface area contributed by atoms with Gasteiger partial charge >= 0.3 is 0 Å². The summed E-state index contributed by atoms with van der Waals surface area (Å²) in [6.07, 6.45) is 4.49. The lowest BCUT2D eigenvalue weighted by molar-refractivity contribution is -0.128. The first-order valence-corrected chi connectivity index (χ1v) is 10.4. The number of hydrogen-bond acceptors (Lipinski definition) is 2. The van der Waals surface area contributed by atoms with Gasteiger partial charge in [-0.25, -0.2) is 0 Å². The molecule has 5 heteroatoms. The molecule has 0 aromatic heterocycles. The van der Waals surface area contributed by atoms with Crippen LogP contribution in [-0.2, 0) is 11.3 Å². The third kappa shape index (κ3) is 2.74. The molecule has 4 nitrogen and oxygen atoms in total. The normalized spacial score (nSPS) is 27.0. The Morgan fingerprint density at radius 1 is 1.04 bits per heavy atom. The van der Waals surface area contributed by atoms with Crippen LogP contribution in [0.25, 0.3) is 0 Å². The Morgan fingerprint density at radius 2 is 1.89 bits per heavy atom. The average Bonchev–Trinajstić information content (AvgIpc) is 3.20. The van der Waals surface area contributed by atoms with Gasteiger partial charge in [-0.2, -0.15) is 0 Å². The fraction of sp³-hybridized carbons (Fsp3) is 0.391. The zero-order valence-corrected chi connectivity index (χ0v) is 16.5. The van der Waals surface area contributed by atoms with Crippen molar-refractivity contribution in [1.29, 1.82) is 0 Å². The summed E-state index contributed by atoms with van der Waals surface area (Å²) in [5.41, 5.74) is 2.45. The Balaban J connectivity index is 1.38. The van der Waals surface area contributed by atoms with Crippen molar-refractivity contribution < 1.29 is 9.59 Å². The highest BCUT2D eigenvalue weighted by Gasteiger charge is 2.51. The lowest BCUT2D eigenvalue weighted by Gasteiger charge is -2.40. The van der Waals surface area contributed by atoms with Crippen LogP contribution in [0.4, 0.5) is 5.69 Å². The maximum atomic E-state index is 13.4. The van der Waals surface area contributed by atoms with Crippen molar-refractivity contribution in [2.45, 2.75) is 44.7 Å². The highest BCUT2D eigenvalue weighted by Crippen LogP contribution is 2.48. The molecule has 5 rings (SSSR count). The number of amides is 2. The average molecular weight is 395 g/mol. The van der Waals surface area contributed by atoms with E-state index < -0.39 is 0 Å². The molecule has 2 aromatic carbocycles. The first kappa shape index (κ1) is 17.7. The number of halogens is 1. The van der Waals surface area contributed by atoms with Crippen LogP contribution in [0.15, 0.2) is 48.5 Å². The lowest BCUT2D eigenvalue weighted by Crippen LogP contribution is -2.46. The predicted octanol–water partition coefficient (Wildman–Crippen LogP) is 4.66. The standard InChI is InChI=1S/C23H23ClN2O2/c24-17-6-3-7-18(13-17)25-12-11-23(22(25)28)10-4-8-19(14-23)26-15-16-5-1-2-9-20(16)21(26)27/h1-3,5-7,9,13,19H,4,8,10-12,14-15H2/t19-,23-/m0/s1. The summed E-state index contributed by atoms with van der Waals surface area (Å²) in [4.78, 5) is 30.2. The van der Waals surface area contributed by atoms with Gasteiger partial charge in [0.1, 0.15) is 0 Å². The number of fused-ring (bicyclic) bond motifs is 1. The summed E-state index contributed by atoms with van der Waals surface area (Å²) >= 11 is 6.14. The van der Waals surface area contributed by atoms with E-state index in [4.69, 9.17) is 11.6 Å². The fourth-order valence-corrected chi connectivity index (χ4v) is 5.49. The van der Waals surface area contributed by atoms with Gasteiger partial charge in [-0.15, -0.1) is 0 Å². The molecule has 28 heavy (non-hydrogen) atoms. The maximum Gasteiger partial charge on any atom is 0.254 e. The van der Waals surface area contributed by atoms with E-state index in [9.17, 15) is 9.59 Å². The van der Waals surface area contributed by atoms with Gasteiger partial charge < -0.3 is 9.80 Å². The van der Waals surface area contributed by atoms with E-state index in [2.05, 4.69) is 0 Å². The number of carbonyl (C=O) groups is 2. The number of rotatable bonds is 2. The molecule has 144 valence electrons. The van der Waals surface area contributed by atoms with Gasteiger partial charge in [0.15, 0.2) is 0 Å². The molecule has 0 N–H and O–H groups in total. The van der Waals surface area contributed by atoms with Gasteiger partial charge in [0.2, 0.25) is 5.91 Å². The van der Waals surface area contributed by atoms with Crippen LogP contribution in [0.1, 0.15) is 48.0 Å². The third-order valence-corrected chi connectivity index (χ3v) is 6.98. The summed E-state index contributed by atoms with van der Waals surface area (Å²) in [5, 5.41) is 0.646. The van der Waals surface area contributed by atoms with E-state index >= 15 is 0 Å². The lowest BCUT2D eigenvalue weighted by atomic mass is 9.70. The van der Waals surface area contributed by atoms with Crippen molar-refractivity contribution in [3.8, 4) is 0 Å². The molecule has 0 unspecified atom stereocenters. The predicted molar refractivity (Wildman–Crippen MR) is 109 cm³/mol. The SMILES string of the molecule is O=C1c2ccccc2CN1[C@H]1CCC[C@]2(CCN(c3cccc(Cl)c3)C2=O)C1. The third-order valence-electron chi connectivity index (χ3n) is 6.74. The summed E-state index contributed by atoms with van der Waals surface area (Å²) in [6.45, 7) is 1.39. The minimum Gasteiger partial charge on any atom is -0.331 e. The summed E-state index contributed by atoms with van der Waals surface area (Å²) in [6, 6.07) is 15.5. The van der Waals surface area contributed by atoms with Gasteiger partial charge in [0, 0.05) is 35.4 Å². The van der Waals surface area contributed by atoms with Gasteiger partial charge in [0.05, 0.1) is 5.41 Å². The summed E-state index contributed by atoms with van der Waals surface area (Å²) in [7, 11) is 0. The molecule has 2 atom stereocenters. The van der Waals surface area contributed by atoms with E-state index in [1.165, 1.54) is 0 Å². The minimum atomic E-state index is -0.347. The molecule has 0 bridgehead atoms. The summed E-state index contributed by atoms with van der Waals surface area (Å²) in [5.74, 6) is 0.318. The van der Waals surface area contributed by atoms with Crippen LogP contribution < -0.4 is 4.90 Å². The zero-order valence-electron chi connectivity index (χ0n) is 15.7. The number of hydrogen-bond donors (Lipinski definition) is 0. The van der Waals surface area contributed by atoms with Crippen molar-refractivity contribution in [2.75, 3.05) is 11.4 Å². The van der Waals surface area contributed by atoms with Crippen LogP contribution in [0.5, 0.6) is 0 Å². The quantitative estimate of drug-likeness (QED) is 0.743. The van der Waals surface area contributed by atoms with Gasteiger partial charge in [-0.05, 0) is 55.5 Å². The molecule has 1 aliphatic carbocycles. The van der Waals surface area contributed by atoms with E-state index in [1.54, 1.807) is 0 Å². The van der Waals surface area contributed by atoms with Crippen LogP contribution >= 0.6 is 11.6 Å². The van der Waals surface area contributed by atoms with E-state index in [1.807, 2.05) is 58.3 Å². The number of carbonyl (C=O) groups excluding carboxylic acids is 2.